The molecule has 2 aliphatic heterocycles. The van der Waals surface area contributed by atoms with Crippen LogP contribution in [0.5, 0.6) is 0 Å². The van der Waals surface area contributed by atoms with Crippen molar-refractivity contribution in [3.8, 4) is 11.1 Å². The maximum atomic E-state index is 3.61. The van der Waals surface area contributed by atoms with Gasteiger partial charge in [0.2, 0.25) is 0 Å². The van der Waals surface area contributed by atoms with Gasteiger partial charge in [0.1, 0.15) is 0 Å². The summed E-state index contributed by atoms with van der Waals surface area (Å²) in [4.78, 5) is 2.55. The number of fused-ring (bicyclic) bond motifs is 3. The minimum Gasteiger partial charge on any atom is -0.381 e. The van der Waals surface area contributed by atoms with Crippen molar-refractivity contribution in [2.45, 2.75) is 13.0 Å². The van der Waals surface area contributed by atoms with E-state index in [-0.39, 0.29) is 0 Å². The highest BCUT2D eigenvalue weighted by atomic mass is 15.3. The standard InChI is InChI=1S/C18H21N3/c1-13-4-2-3-5-16(13)14-6-7-18-17(10-14)20-12-15-11-19-8-9-21(15)18/h2-7,10,15,19-20H,8-9,11-12H2,1H3. The van der Waals surface area contributed by atoms with Crippen molar-refractivity contribution in [3.05, 3.63) is 48.0 Å². The summed E-state index contributed by atoms with van der Waals surface area (Å²) in [5.41, 5.74) is 6.57. The number of hydrogen-bond acceptors (Lipinski definition) is 3. The molecule has 21 heavy (non-hydrogen) atoms. The van der Waals surface area contributed by atoms with Crippen LogP contribution in [0, 0.1) is 6.92 Å². The fourth-order valence-electron chi connectivity index (χ4n) is 3.48. The first-order valence-corrected chi connectivity index (χ1v) is 7.74. The van der Waals surface area contributed by atoms with E-state index in [0.29, 0.717) is 6.04 Å². The van der Waals surface area contributed by atoms with E-state index in [1.165, 1.54) is 28.1 Å². The molecule has 2 aromatic rings. The second kappa shape index (κ2) is 5.08. The molecule has 3 nitrogen and oxygen atoms in total. The average molecular weight is 279 g/mol. The number of nitrogens with one attached hydrogen (secondary N) is 2. The van der Waals surface area contributed by atoms with E-state index < -0.39 is 0 Å². The van der Waals surface area contributed by atoms with Crippen molar-refractivity contribution in [1.29, 1.82) is 0 Å². The maximum Gasteiger partial charge on any atom is 0.0606 e. The molecule has 0 radical (unpaired) electrons. The van der Waals surface area contributed by atoms with Crippen LogP contribution in [0.3, 0.4) is 0 Å². The molecule has 108 valence electrons. The third kappa shape index (κ3) is 2.18. The van der Waals surface area contributed by atoms with Gasteiger partial charge in [-0.15, -0.1) is 0 Å². The molecule has 0 amide bonds. The summed E-state index contributed by atoms with van der Waals surface area (Å²) < 4.78 is 0. The van der Waals surface area contributed by atoms with Crippen LogP contribution in [0.4, 0.5) is 11.4 Å². The highest BCUT2D eigenvalue weighted by molar-refractivity contribution is 5.80. The lowest BCUT2D eigenvalue weighted by molar-refractivity contribution is 0.482. The maximum absolute atomic E-state index is 3.61. The second-order valence-electron chi connectivity index (χ2n) is 5.98. The first-order valence-electron chi connectivity index (χ1n) is 7.74. The van der Waals surface area contributed by atoms with Gasteiger partial charge in [-0.2, -0.15) is 0 Å². The molecule has 1 atom stereocenters. The molecule has 2 N–H and O–H groups in total. The predicted octanol–water partition coefficient (Wildman–Crippen LogP) is 2.87. The zero-order valence-corrected chi connectivity index (χ0v) is 12.4. The lowest BCUT2D eigenvalue weighted by Crippen LogP contribution is -2.56. The van der Waals surface area contributed by atoms with Gasteiger partial charge in [0.25, 0.3) is 0 Å². The smallest absolute Gasteiger partial charge is 0.0606 e. The fraction of sp³-hybridized carbons (Fsp3) is 0.333. The Hall–Kier alpha value is -2.00. The summed E-state index contributed by atoms with van der Waals surface area (Å²) in [5, 5.41) is 7.09. The summed E-state index contributed by atoms with van der Waals surface area (Å²) >= 11 is 0. The zero-order chi connectivity index (χ0) is 14.2. The van der Waals surface area contributed by atoms with Gasteiger partial charge in [0.15, 0.2) is 0 Å². The van der Waals surface area contributed by atoms with Gasteiger partial charge in [-0.1, -0.05) is 30.3 Å². The molecule has 2 heterocycles. The van der Waals surface area contributed by atoms with Crippen LogP contribution < -0.4 is 15.5 Å². The minimum atomic E-state index is 0.579. The Bertz CT molecular complexity index is 665. The van der Waals surface area contributed by atoms with E-state index in [1.807, 2.05) is 0 Å². The van der Waals surface area contributed by atoms with Gasteiger partial charge >= 0.3 is 0 Å². The Morgan fingerprint density at radius 2 is 2.00 bits per heavy atom. The average Bonchev–Trinajstić information content (AvgIpc) is 2.54. The van der Waals surface area contributed by atoms with E-state index >= 15 is 0 Å². The quantitative estimate of drug-likeness (QED) is 0.840. The summed E-state index contributed by atoms with van der Waals surface area (Å²) in [6.07, 6.45) is 0. The van der Waals surface area contributed by atoms with Crippen LogP contribution in [0.2, 0.25) is 0 Å². The van der Waals surface area contributed by atoms with Gasteiger partial charge in [-0.25, -0.2) is 0 Å². The van der Waals surface area contributed by atoms with Gasteiger partial charge in [-0.05, 0) is 35.7 Å². The molecule has 3 heteroatoms. The number of anilines is 2. The Balaban J connectivity index is 1.74. The van der Waals surface area contributed by atoms with Crippen LogP contribution in [0.25, 0.3) is 11.1 Å². The van der Waals surface area contributed by atoms with Crippen LogP contribution in [-0.2, 0) is 0 Å². The molecule has 2 aliphatic rings. The zero-order valence-electron chi connectivity index (χ0n) is 12.4. The number of piperazine rings is 1. The molecule has 1 fully saturated rings. The Labute approximate surface area is 126 Å². The van der Waals surface area contributed by atoms with Crippen molar-refractivity contribution in [3.63, 3.8) is 0 Å². The molecular weight excluding hydrogens is 258 g/mol. The topological polar surface area (TPSA) is 27.3 Å². The summed E-state index contributed by atoms with van der Waals surface area (Å²) in [6, 6.07) is 16.0. The summed E-state index contributed by atoms with van der Waals surface area (Å²) in [6.45, 7) is 6.45. The van der Waals surface area contributed by atoms with E-state index in [2.05, 4.69) is 64.9 Å². The van der Waals surface area contributed by atoms with Gasteiger partial charge in [0.05, 0.1) is 17.4 Å². The third-order valence-corrected chi connectivity index (χ3v) is 4.64. The fourth-order valence-corrected chi connectivity index (χ4v) is 3.48. The summed E-state index contributed by atoms with van der Waals surface area (Å²) in [5.74, 6) is 0. The molecular formula is C18H21N3. The molecule has 0 spiro atoms. The van der Waals surface area contributed by atoms with E-state index in [0.717, 1.165) is 26.2 Å². The van der Waals surface area contributed by atoms with Gasteiger partial charge < -0.3 is 15.5 Å². The SMILES string of the molecule is Cc1ccccc1-c1ccc2c(c1)NCC1CNCCN21. The molecule has 0 bridgehead atoms. The van der Waals surface area contributed by atoms with E-state index in [9.17, 15) is 0 Å². The highest BCUT2D eigenvalue weighted by Gasteiger charge is 2.28. The van der Waals surface area contributed by atoms with Crippen molar-refractivity contribution in [2.75, 3.05) is 36.4 Å². The number of benzene rings is 2. The monoisotopic (exact) mass is 279 g/mol. The van der Waals surface area contributed by atoms with E-state index in [4.69, 9.17) is 0 Å². The van der Waals surface area contributed by atoms with Crippen LogP contribution >= 0.6 is 0 Å². The second-order valence-corrected chi connectivity index (χ2v) is 5.98. The minimum absolute atomic E-state index is 0.579. The predicted molar refractivity (Wildman–Crippen MR) is 89.1 cm³/mol. The molecule has 1 saturated heterocycles. The lowest BCUT2D eigenvalue weighted by Gasteiger charge is -2.43. The Kier molecular flexibility index (Phi) is 3.08. The number of nitrogens with zero attached hydrogens (tertiary/aromatic N) is 1. The first-order chi connectivity index (χ1) is 10.3. The number of hydrogen-bond donors (Lipinski definition) is 2. The van der Waals surface area contributed by atoms with Gasteiger partial charge in [0, 0.05) is 26.2 Å². The van der Waals surface area contributed by atoms with Crippen LogP contribution in [0.1, 0.15) is 5.56 Å². The normalized spacial score (nSPS) is 20.4. The number of rotatable bonds is 1. The van der Waals surface area contributed by atoms with Crippen molar-refractivity contribution in [2.24, 2.45) is 0 Å². The largest absolute Gasteiger partial charge is 0.381 e. The molecule has 4 rings (SSSR count). The lowest BCUT2D eigenvalue weighted by atomic mass is 9.98. The number of aryl methyl sites for hydroxylation is 1. The van der Waals surface area contributed by atoms with Gasteiger partial charge in [-0.3, -0.25) is 0 Å². The first kappa shape index (κ1) is 12.7. The molecule has 2 aromatic carbocycles. The molecule has 1 unspecified atom stereocenters. The molecule has 0 saturated carbocycles. The Morgan fingerprint density at radius 3 is 2.90 bits per heavy atom. The Morgan fingerprint density at radius 1 is 1.10 bits per heavy atom. The van der Waals surface area contributed by atoms with Crippen molar-refractivity contribution >= 4 is 11.4 Å². The van der Waals surface area contributed by atoms with E-state index in [1.54, 1.807) is 0 Å². The third-order valence-electron chi connectivity index (χ3n) is 4.64. The van der Waals surface area contributed by atoms with Crippen molar-refractivity contribution < 1.29 is 0 Å². The van der Waals surface area contributed by atoms with Crippen molar-refractivity contribution in [1.82, 2.24) is 5.32 Å². The molecule has 0 aliphatic carbocycles. The molecule has 0 aromatic heterocycles. The van der Waals surface area contributed by atoms with Crippen LogP contribution in [-0.4, -0.2) is 32.2 Å². The van der Waals surface area contributed by atoms with Crippen LogP contribution in [0.15, 0.2) is 42.5 Å². The summed E-state index contributed by atoms with van der Waals surface area (Å²) in [7, 11) is 0. The highest BCUT2D eigenvalue weighted by Crippen LogP contribution is 2.36.